The molecule has 2 N–H and O–H groups in total. The summed E-state index contributed by atoms with van der Waals surface area (Å²) in [5.74, 6) is -2.12. The van der Waals surface area contributed by atoms with E-state index in [1.54, 1.807) is 17.9 Å². The average Bonchev–Trinajstić information content (AvgIpc) is 3.38. The zero-order chi connectivity index (χ0) is 25.9. The molecule has 13 heteroatoms. The van der Waals surface area contributed by atoms with E-state index in [1.807, 2.05) is 6.92 Å². The Labute approximate surface area is 209 Å². The van der Waals surface area contributed by atoms with Gasteiger partial charge in [-0.1, -0.05) is 5.16 Å². The molecule has 37 heavy (non-hydrogen) atoms. The summed E-state index contributed by atoms with van der Waals surface area (Å²) in [5.41, 5.74) is -1.90. The normalized spacial score (nSPS) is 29.6. The van der Waals surface area contributed by atoms with Gasteiger partial charge in [-0.2, -0.15) is 0 Å². The Morgan fingerprint density at radius 2 is 1.86 bits per heavy atom. The molecule has 4 fully saturated rings. The molecule has 3 atom stereocenters. The first-order chi connectivity index (χ1) is 17.6. The summed E-state index contributed by atoms with van der Waals surface area (Å²) in [6, 6.07) is -0.180. The third-order valence-corrected chi connectivity index (χ3v) is 8.44. The molecule has 1 saturated carbocycles. The summed E-state index contributed by atoms with van der Waals surface area (Å²) >= 11 is 0. The van der Waals surface area contributed by atoms with Crippen LogP contribution >= 0.6 is 0 Å². The van der Waals surface area contributed by atoms with Gasteiger partial charge in [0.15, 0.2) is 17.1 Å². The predicted molar refractivity (Wildman–Crippen MR) is 123 cm³/mol. The maximum Gasteiger partial charge on any atom is 0.416 e. The van der Waals surface area contributed by atoms with Crippen molar-refractivity contribution < 1.29 is 37.6 Å². The molecule has 0 unspecified atom stereocenters. The standard InChI is InChI=1S/C24H24FN5O7/c1-10-8-29-15-12(7-24(17(29)11(2)35-10)19(31)26-21(33)27-20(24)32)6-13-16(14(15)25)37-28-18(13)30-9-23(4-3-5-23)36-22(30)34/h6,10-11,17H,3-5,7-9H2,1-2H3,(H2,26,27,31,32,33)/t10-,11+,17-/m1/s1. The zero-order valence-corrected chi connectivity index (χ0v) is 20.1. The predicted octanol–water partition coefficient (Wildman–Crippen LogP) is 1.74. The Bertz CT molecular complexity index is 1400. The lowest BCUT2D eigenvalue weighted by Crippen LogP contribution is -2.75. The van der Waals surface area contributed by atoms with E-state index in [0.717, 1.165) is 19.3 Å². The van der Waals surface area contributed by atoms with Crippen LogP contribution in [0.3, 0.4) is 0 Å². The molecule has 7 rings (SSSR count). The lowest BCUT2D eigenvalue weighted by molar-refractivity contribution is -0.153. The van der Waals surface area contributed by atoms with Crippen molar-refractivity contribution in [3.63, 3.8) is 0 Å². The number of urea groups is 1. The van der Waals surface area contributed by atoms with Crippen LogP contribution in [-0.4, -0.2) is 66.0 Å². The largest absolute Gasteiger partial charge is 0.441 e. The van der Waals surface area contributed by atoms with E-state index in [1.165, 1.54) is 4.90 Å². The molecule has 12 nitrogen and oxygen atoms in total. The molecular formula is C24H24FN5O7. The Kier molecular flexibility index (Phi) is 4.36. The van der Waals surface area contributed by atoms with E-state index in [2.05, 4.69) is 15.8 Å². The summed E-state index contributed by atoms with van der Waals surface area (Å²) in [5, 5.41) is 8.68. The highest BCUT2D eigenvalue weighted by Crippen LogP contribution is 2.50. The van der Waals surface area contributed by atoms with Crippen LogP contribution in [0.2, 0.25) is 0 Å². The lowest BCUT2D eigenvalue weighted by Gasteiger charge is -2.55. The number of morpholine rings is 1. The maximum absolute atomic E-state index is 16.2. The summed E-state index contributed by atoms with van der Waals surface area (Å²) in [4.78, 5) is 54.3. The second-order valence-corrected chi connectivity index (χ2v) is 10.7. The SMILES string of the molecule is C[C@@H]1CN2c3c(cc4c(N5CC6(CCC6)OC5=O)noc4c3F)CC3(C(=O)NC(=O)NC3=O)[C@H]2[C@H](C)O1. The molecule has 2 aromatic rings. The average molecular weight is 513 g/mol. The van der Waals surface area contributed by atoms with Crippen molar-refractivity contribution in [3.05, 3.63) is 17.4 Å². The van der Waals surface area contributed by atoms with Gasteiger partial charge < -0.3 is 18.9 Å². The van der Waals surface area contributed by atoms with Gasteiger partial charge in [0.2, 0.25) is 17.4 Å². The van der Waals surface area contributed by atoms with E-state index in [4.69, 9.17) is 14.0 Å². The summed E-state index contributed by atoms with van der Waals surface area (Å²) < 4.78 is 33.2. The summed E-state index contributed by atoms with van der Waals surface area (Å²) in [7, 11) is 0. The monoisotopic (exact) mass is 513 g/mol. The molecule has 0 radical (unpaired) electrons. The van der Waals surface area contributed by atoms with Crippen LogP contribution in [0.1, 0.15) is 38.7 Å². The number of benzene rings is 1. The number of aromatic nitrogens is 1. The van der Waals surface area contributed by atoms with Crippen molar-refractivity contribution in [2.45, 2.75) is 63.4 Å². The first-order valence-corrected chi connectivity index (χ1v) is 12.3. The van der Waals surface area contributed by atoms with Crippen molar-refractivity contribution >= 4 is 46.4 Å². The van der Waals surface area contributed by atoms with Crippen LogP contribution in [0.4, 0.5) is 25.5 Å². The highest BCUT2D eigenvalue weighted by atomic mass is 19.1. The molecule has 5 amide bonds. The number of fused-ring (bicyclic) bond motifs is 5. The summed E-state index contributed by atoms with van der Waals surface area (Å²) in [6.45, 7) is 4.01. The Balaban J connectivity index is 1.40. The molecular weight excluding hydrogens is 489 g/mol. The number of anilines is 2. The van der Waals surface area contributed by atoms with Crippen LogP contribution < -0.4 is 20.4 Å². The van der Waals surface area contributed by atoms with Crippen LogP contribution in [0.25, 0.3) is 11.0 Å². The van der Waals surface area contributed by atoms with Crippen molar-refractivity contribution in [2.24, 2.45) is 5.41 Å². The molecule has 2 spiro atoms. The number of halogens is 1. The maximum atomic E-state index is 16.2. The van der Waals surface area contributed by atoms with Crippen molar-refractivity contribution in [1.82, 2.24) is 15.8 Å². The van der Waals surface area contributed by atoms with E-state index >= 15 is 4.39 Å². The first-order valence-electron chi connectivity index (χ1n) is 12.3. The van der Waals surface area contributed by atoms with Gasteiger partial charge in [0, 0.05) is 13.0 Å². The molecule has 3 saturated heterocycles. The minimum Gasteiger partial charge on any atom is -0.441 e. The number of carbonyl (C=O) groups is 4. The fourth-order valence-corrected chi connectivity index (χ4v) is 6.75. The highest BCUT2D eigenvalue weighted by Gasteiger charge is 2.63. The lowest BCUT2D eigenvalue weighted by atomic mass is 9.66. The Morgan fingerprint density at radius 3 is 2.51 bits per heavy atom. The van der Waals surface area contributed by atoms with Crippen molar-refractivity contribution in [1.29, 1.82) is 0 Å². The smallest absolute Gasteiger partial charge is 0.416 e. The quantitative estimate of drug-likeness (QED) is 0.545. The van der Waals surface area contributed by atoms with Crippen LogP contribution in [0.5, 0.6) is 0 Å². The second kappa shape index (κ2) is 7.18. The third-order valence-electron chi connectivity index (χ3n) is 8.44. The van der Waals surface area contributed by atoms with Crippen LogP contribution in [0, 0.1) is 11.2 Å². The van der Waals surface area contributed by atoms with Gasteiger partial charge in [-0.3, -0.25) is 25.1 Å². The van der Waals surface area contributed by atoms with E-state index in [9.17, 15) is 19.2 Å². The Hall–Kier alpha value is -3.74. The first kappa shape index (κ1) is 22.5. The number of carbonyl (C=O) groups excluding carboxylic acids is 4. The minimum atomic E-state index is -1.75. The topological polar surface area (TPSA) is 143 Å². The zero-order valence-electron chi connectivity index (χ0n) is 20.1. The van der Waals surface area contributed by atoms with Gasteiger partial charge in [0.25, 0.3) is 0 Å². The molecule has 1 aliphatic carbocycles. The minimum absolute atomic E-state index is 0.123. The molecule has 194 valence electrons. The number of amides is 5. The van der Waals surface area contributed by atoms with Gasteiger partial charge in [0.1, 0.15) is 5.60 Å². The number of nitrogens with one attached hydrogen (secondary N) is 2. The molecule has 5 heterocycles. The van der Waals surface area contributed by atoms with Gasteiger partial charge >= 0.3 is 12.1 Å². The molecule has 1 aromatic heterocycles. The Morgan fingerprint density at radius 1 is 1.14 bits per heavy atom. The van der Waals surface area contributed by atoms with Crippen LogP contribution in [-0.2, 0) is 25.5 Å². The molecule has 5 aliphatic rings. The molecule has 4 aliphatic heterocycles. The van der Waals surface area contributed by atoms with Gasteiger partial charge in [-0.25, -0.2) is 14.0 Å². The van der Waals surface area contributed by atoms with E-state index < -0.39 is 52.9 Å². The fourth-order valence-electron chi connectivity index (χ4n) is 6.75. The van der Waals surface area contributed by atoms with Crippen molar-refractivity contribution in [3.8, 4) is 0 Å². The number of rotatable bonds is 1. The second-order valence-electron chi connectivity index (χ2n) is 10.7. The number of hydrogen-bond acceptors (Lipinski definition) is 9. The van der Waals surface area contributed by atoms with Crippen molar-refractivity contribution in [2.75, 3.05) is 22.9 Å². The van der Waals surface area contributed by atoms with Gasteiger partial charge in [0.05, 0.1) is 35.9 Å². The summed E-state index contributed by atoms with van der Waals surface area (Å²) in [6.07, 6.45) is 0.704. The van der Waals surface area contributed by atoms with E-state index in [-0.39, 0.29) is 48.1 Å². The van der Waals surface area contributed by atoms with Gasteiger partial charge in [-0.05, 0) is 44.7 Å². The number of nitrogens with zero attached hydrogens (tertiary/aromatic N) is 3. The van der Waals surface area contributed by atoms with E-state index in [0.29, 0.717) is 5.56 Å². The number of barbiturate groups is 1. The van der Waals surface area contributed by atoms with Gasteiger partial charge in [-0.15, -0.1) is 0 Å². The number of hydrogen-bond donors (Lipinski definition) is 2. The molecule has 0 bridgehead atoms. The number of ether oxygens (including phenoxy) is 2. The number of imide groups is 2. The third kappa shape index (κ3) is 2.82. The fraction of sp³-hybridized carbons (Fsp3) is 0.542. The molecule has 1 aromatic carbocycles. The highest BCUT2D eigenvalue weighted by molar-refractivity contribution is 6.20. The van der Waals surface area contributed by atoms with Crippen LogP contribution in [0.15, 0.2) is 10.6 Å².